The van der Waals surface area contributed by atoms with Crippen LogP contribution in [0.1, 0.15) is 13.3 Å². The van der Waals surface area contributed by atoms with Crippen LogP contribution < -0.4 is 0 Å². The third-order valence-corrected chi connectivity index (χ3v) is 3.22. The molecule has 0 amide bonds. The second kappa shape index (κ2) is 4.52. The number of carbonyl (C=O) groups is 1. The van der Waals surface area contributed by atoms with Crippen LogP contribution in [-0.2, 0) is 4.79 Å². The van der Waals surface area contributed by atoms with E-state index < -0.39 is 5.97 Å². The smallest absolute Gasteiger partial charge is 0.304 e. The minimum atomic E-state index is -0.731. The Kier molecular flexibility index (Phi) is 3.62. The third-order valence-electron chi connectivity index (χ3n) is 1.29. The van der Waals surface area contributed by atoms with Crippen LogP contribution in [0.2, 0.25) is 0 Å². The fourth-order valence-corrected chi connectivity index (χ4v) is 2.67. The molecule has 0 aliphatic rings. The molecule has 0 aliphatic heterocycles. The monoisotopic (exact) mass is 202 g/mol. The van der Waals surface area contributed by atoms with Gasteiger partial charge in [-0.3, -0.25) is 4.79 Å². The Balaban J connectivity index is 2.36. The highest BCUT2D eigenvalue weighted by molar-refractivity contribution is 8.00. The highest BCUT2D eigenvalue weighted by Gasteiger charge is 2.08. The van der Waals surface area contributed by atoms with Gasteiger partial charge in [0.1, 0.15) is 0 Å². The molecule has 66 valence electrons. The average Bonchev–Trinajstić information content (AvgIpc) is 2.37. The van der Waals surface area contributed by atoms with Gasteiger partial charge in [-0.1, -0.05) is 6.92 Å². The van der Waals surface area contributed by atoms with Crippen molar-refractivity contribution in [2.24, 2.45) is 0 Å². The van der Waals surface area contributed by atoms with Crippen molar-refractivity contribution in [3.05, 3.63) is 16.8 Å². The summed E-state index contributed by atoms with van der Waals surface area (Å²) in [5.74, 6) is -0.731. The van der Waals surface area contributed by atoms with Gasteiger partial charge in [-0.05, 0) is 11.4 Å². The first-order chi connectivity index (χ1) is 5.68. The molecular weight excluding hydrogens is 192 g/mol. The summed E-state index contributed by atoms with van der Waals surface area (Å²) in [6.45, 7) is 1.93. The van der Waals surface area contributed by atoms with E-state index >= 15 is 0 Å². The molecule has 1 aromatic heterocycles. The summed E-state index contributed by atoms with van der Waals surface area (Å²) in [7, 11) is 0. The highest BCUT2D eigenvalue weighted by Crippen LogP contribution is 2.26. The topological polar surface area (TPSA) is 37.3 Å². The third kappa shape index (κ3) is 3.28. The van der Waals surface area contributed by atoms with Crippen molar-refractivity contribution >= 4 is 29.1 Å². The van der Waals surface area contributed by atoms with Crippen LogP contribution in [-0.4, -0.2) is 16.3 Å². The molecule has 1 aromatic rings. The largest absolute Gasteiger partial charge is 0.481 e. The molecule has 1 rings (SSSR count). The molecule has 0 bridgehead atoms. The van der Waals surface area contributed by atoms with Gasteiger partial charge in [-0.2, -0.15) is 11.3 Å². The number of carboxylic acids is 1. The zero-order valence-corrected chi connectivity index (χ0v) is 8.32. The zero-order chi connectivity index (χ0) is 8.97. The van der Waals surface area contributed by atoms with Crippen LogP contribution in [0, 0.1) is 0 Å². The first kappa shape index (κ1) is 9.61. The Morgan fingerprint density at radius 1 is 1.83 bits per heavy atom. The average molecular weight is 202 g/mol. The molecule has 0 radical (unpaired) electrons. The summed E-state index contributed by atoms with van der Waals surface area (Å²) >= 11 is 3.24. The van der Waals surface area contributed by atoms with Crippen molar-refractivity contribution in [2.75, 3.05) is 0 Å². The van der Waals surface area contributed by atoms with E-state index in [4.69, 9.17) is 5.11 Å². The number of hydrogen-bond acceptors (Lipinski definition) is 3. The lowest BCUT2D eigenvalue weighted by molar-refractivity contribution is -0.136. The van der Waals surface area contributed by atoms with Crippen LogP contribution in [0.5, 0.6) is 0 Å². The van der Waals surface area contributed by atoms with E-state index in [1.165, 1.54) is 0 Å². The van der Waals surface area contributed by atoms with Crippen molar-refractivity contribution in [1.29, 1.82) is 0 Å². The van der Waals surface area contributed by atoms with Crippen LogP contribution in [0.4, 0.5) is 0 Å². The maximum Gasteiger partial charge on any atom is 0.304 e. The highest BCUT2D eigenvalue weighted by atomic mass is 32.2. The van der Waals surface area contributed by atoms with Gasteiger partial charge in [0.05, 0.1) is 6.42 Å². The first-order valence-corrected chi connectivity index (χ1v) is 5.41. The van der Waals surface area contributed by atoms with Gasteiger partial charge < -0.3 is 5.11 Å². The lowest BCUT2D eigenvalue weighted by Crippen LogP contribution is -2.04. The van der Waals surface area contributed by atoms with E-state index in [0.29, 0.717) is 0 Å². The fourth-order valence-electron chi connectivity index (χ4n) is 0.839. The SMILES string of the molecule is C[C@@H](CC(=O)O)Sc1ccsc1. The van der Waals surface area contributed by atoms with Gasteiger partial charge in [0.15, 0.2) is 0 Å². The van der Waals surface area contributed by atoms with Crippen molar-refractivity contribution in [3.8, 4) is 0 Å². The number of thiophene rings is 1. The molecule has 1 heterocycles. The quantitative estimate of drug-likeness (QED) is 0.763. The molecule has 2 nitrogen and oxygen atoms in total. The second-order valence-corrected chi connectivity index (χ2v) is 4.78. The lowest BCUT2D eigenvalue weighted by atomic mass is 10.3. The Hall–Kier alpha value is -0.480. The van der Waals surface area contributed by atoms with E-state index in [9.17, 15) is 4.79 Å². The summed E-state index contributed by atoms with van der Waals surface area (Å²) in [5.41, 5.74) is 0. The molecule has 0 fully saturated rings. The number of aliphatic carboxylic acids is 1. The van der Waals surface area contributed by atoms with Gasteiger partial charge in [0.2, 0.25) is 0 Å². The van der Waals surface area contributed by atoms with Crippen molar-refractivity contribution in [2.45, 2.75) is 23.5 Å². The van der Waals surface area contributed by atoms with Crippen LogP contribution in [0.3, 0.4) is 0 Å². The minimum Gasteiger partial charge on any atom is -0.481 e. The predicted molar refractivity (Wildman–Crippen MR) is 51.9 cm³/mol. The molecule has 0 saturated carbocycles. The van der Waals surface area contributed by atoms with Gasteiger partial charge in [0, 0.05) is 15.5 Å². The van der Waals surface area contributed by atoms with Gasteiger partial charge in [-0.15, -0.1) is 11.8 Å². The molecule has 12 heavy (non-hydrogen) atoms. The summed E-state index contributed by atoms with van der Waals surface area (Å²) in [4.78, 5) is 11.5. The maximum atomic E-state index is 10.3. The predicted octanol–water partition coefficient (Wildman–Crippen LogP) is 2.70. The molecule has 4 heteroatoms. The van der Waals surface area contributed by atoms with Crippen molar-refractivity contribution in [1.82, 2.24) is 0 Å². The first-order valence-electron chi connectivity index (χ1n) is 3.59. The second-order valence-electron chi connectivity index (χ2n) is 2.49. The van der Waals surface area contributed by atoms with Crippen molar-refractivity contribution < 1.29 is 9.90 Å². The fraction of sp³-hybridized carbons (Fsp3) is 0.375. The maximum absolute atomic E-state index is 10.3. The zero-order valence-electron chi connectivity index (χ0n) is 6.69. The molecule has 0 saturated heterocycles. The summed E-state index contributed by atoms with van der Waals surface area (Å²) in [5, 5.41) is 12.7. The number of carboxylic acid groups (broad SMARTS) is 1. The molecule has 1 N–H and O–H groups in total. The normalized spacial score (nSPS) is 12.8. The number of thioether (sulfide) groups is 1. The van der Waals surface area contributed by atoms with Crippen LogP contribution in [0.15, 0.2) is 21.7 Å². The molecular formula is C8H10O2S2. The lowest BCUT2D eigenvalue weighted by Gasteiger charge is -2.05. The number of hydrogen-bond donors (Lipinski definition) is 1. The molecule has 0 aromatic carbocycles. The van der Waals surface area contributed by atoms with E-state index in [2.05, 4.69) is 0 Å². The van der Waals surface area contributed by atoms with E-state index in [1.54, 1.807) is 23.1 Å². The standard InChI is InChI=1S/C8H10O2S2/c1-6(4-8(9)10)12-7-2-3-11-5-7/h2-3,5-6H,4H2,1H3,(H,9,10)/t6-/m0/s1. The van der Waals surface area contributed by atoms with E-state index in [0.717, 1.165) is 4.90 Å². The Morgan fingerprint density at radius 3 is 3.08 bits per heavy atom. The Bertz CT molecular complexity index is 244. The summed E-state index contributed by atoms with van der Waals surface area (Å²) in [6, 6.07) is 2.01. The molecule has 0 spiro atoms. The molecule has 0 aliphatic carbocycles. The summed E-state index contributed by atoms with van der Waals surface area (Å²) in [6.07, 6.45) is 0.223. The van der Waals surface area contributed by atoms with E-state index in [-0.39, 0.29) is 11.7 Å². The van der Waals surface area contributed by atoms with Crippen LogP contribution >= 0.6 is 23.1 Å². The van der Waals surface area contributed by atoms with Gasteiger partial charge in [0.25, 0.3) is 0 Å². The molecule has 1 atom stereocenters. The van der Waals surface area contributed by atoms with Crippen LogP contribution in [0.25, 0.3) is 0 Å². The Morgan fingerprint density at radius 2 is 2.58 bits per heavy atom. The molecule has 0 unspecified atom stereocenters. The van der Waals surface area contributed by atoms with Gasteiger partial charge >= 0.3 is 5.97 Å². The van der Waals surface area contributed by atoms with E-state index in [1.807, 2.05) is 23.8 Å². The Labute approximate surface area is 79.6 Å². The summed E-state index contributed by atoms with van der Waals surface area (Å²) < 4.78 is 0. The minimum absolute atomic E-state index is 0.150. The van der Waals surface area contributed by atoms with Crippen molar-refractivity contribution in [3.63, 3.8) is 0 Å². The number of rotatable bonds is 4. The van der Waals surface area contributed by atoms with Gasteiger partial charge in [-0.25, -0.2) is 0 Å².